The van der Waals surface area contributed by atoms with Gasteiger partial charge in [0.05, 0.1) is 0 Å². The number of rotatable bonds is 2. The maximum absolute atomic E-state index is 12.0. The van der Waals surface area contributed by atoms with E-state index in [4.69, 9.17) is 5.73 Å². The van der Waals surface area contributed by atoms with E-state index in [-0.39, 0.29) is 12.1 Å². The topological polar surface area (TPSA) is 58.4 Å². The standard InChI is InChI=1S/C13H19N3O/c1-10(14)11-6-2-3-7-12(11)15-13(17)16-8-4-5-9-16/h2-3,6-7,10H,4-5,8-9,14H2,1H3,(H,15,17). The van der Waals surface area contributed by atoms with E-state index < -0.39 is 0 Å². The van der Waals surface area contributed by atoms with Crippen LogP contribution in [0.25, 0.3) is 0 Å². The molecular formula is C13H19N3O. The van der Waals surface area contributed by atoms with E-state index >= 15 is 0 Å². The van der Waals surface area contributed by atoms with Gasteiger partial charge in [0, 0.05) is 24.8 Å². The fraction of sp³-hybridized carbons (Fsp3) is 0.462. The second-order valence-corrected chi connectivity index (χ2v) is 4.50. The third-order valence-corrected chi connectivity index (χ3v) is 3.09. The lowest BCUT2D eigenvalue weighted by Gasteiger charge is -2.19. The Balaban J connectivity index is 2.09. The zero-order valence-corrected chi connectivity index (χ0v) is 10.1. The van der Waals surface area contributed by atoms with E-state index in [1.54, 1.807) is 0 Å². The van der Waals surface area contributed by atoms with Crippen LogP contribution in [-0.4, -0.2) is 24.0 Å². The second kappa shape index (κ2) is 5.19. The summed E-state index contributed by atoms with van der Waals surface area (Å²) in [5.41, 5.74) is 7.67. The van der Waals surface area contributed by atoms with Crippen molar-refractivity contribution in [2.75, 3.05) is 18.4 Å². The minimum Gasteiger partial charge on any atom is -0.325 e. The maximum Gasteiger partial charge on any atom is 0.321 e. The van der Waals surface area contributed by atoms with Crippen LogP contribution in [0.1, 0.15) is 31.4 Å². The normalized spacial score (nSPS) is 16.9. The summed E-state index contributed by atoms with van der Waals surface area (Å²) in [5.74, 6) is 0. The summed E-state index contributed by atoms with van der Waals surface area (Å²) in [5, 5.41) is 2.94. The number of anilines is 1. The number of para-hydroxylation sites is 1. The van der Waals surface area contributed by atoms with Crippen LogP contribution in [0.5, 0.6) is 0 Å². The molecule has 2 rings (SSSR count). The van der Waals surface area contributed by atoms with Gasteiger partial charge in [0.25, 0.3) is 0 Å². The van der Waals surface area contributed by atoms with Gasteiger partial charge >= 0.3 is 6.03 Å². The number of carbonyl (C=O) groups excluding carboxylic acids is 1. The van der Waals surface area contributed by atoms with Crippen LogP contribution in [0.3, 0.4) is 0 Å². The zero-order chi connectivity index (χ0) is 12.3. The van der Waals surface area contributed by atoms with Crippen LogP contribution < -0.4 is 11.1 Å². The number of amides is 2. The molecule has 1 saturated heterocycles. The number of benzene rings is 1. The first-order valence-electron chi connectivity index (χ1n) is 6.09. The van der Waals surface area contributed by atoms with Crippen molar-refractivity contribution in [3.05, 3.63) is 29.8 Å². The van der Waals surface area contributed by atoms with Gasteiger partial charge in [0.1, 0.15) is 0 Å². The Hall–Kier alpha value is -1.55. The molecule has 1 fully saturated rings. The molecule has 4 heteroatoms. The SMILES string of the molecule is CC(N)c1ccccc1NC(=O)N1CCCC1. The third-order valence-electron chi connectivity index (χ3n) is 3.09. The minimum atomic E-state index is -0.0786. The molecule has 1 aliphatic rings. The molecule has 92 valence electrons. The van der Waals surface area contributed by atoms with Gasteiger partial charge in [-0.05, 0) is 31.4 Å². The Morgan fingerprint density at radius 3 is 2.65 bits per heavy atom. The van der Waals surface area contributed by atoms with E-state index in [9.17, 15) is 4.79 Å². The molecule has 0 saturated carbocycles. The summed E-state index contributed by atoms with van der Waals surface area (Å²) in [6, 6.07) is 7.59. The van der Waals surface area contributed by atoms with Crippen LogP contribution in [0.2, 0.25) is 0 Å². The summed E-state index contributed by atoms with van der Waals surface area (Å²) in [4.78, 5) is 13.8. The monoisotopic (exact) mass is 233 g/mol. The van der Waals surface area contributed by atoms with Crippen molar-refractivity contribution in [3.63, 3.8) is 0 Å². The van der Waals surface area contributed by atoms with E-state index in [2.05, 4.69) is 5.32 Å². The largest absolute Gasteiger partial charge is 0.325 e. The van der Waals surface area contributed by atoms with Crippen molar-refractivity contribution in [2.24, 2.45) is 5.73 Å². The molecule has 0 bridgehead atoms. The highest BCUT2D eigenvalue weighted by molar-refractivity contribution is 5.90. The van der Waals surface area contributed by atoms with Crippen molar-refractivity contribution in [2.45, 2.75) is 25.8 Å². The van der Waals surface area contributed by atoms with E-state index in [1.165, 1.54) is 0 Å². The Morgan fingerprint density at radius 2 is 2.00 bits per heavy atom. The summed E-state index contributed by atoms with van der Waals surface area (Å²) in [6.45, 7) is 3.62. The van der Waals surface area contributed by atoms with Crippen molar-refractivity contribution in [1.29, 1.82) is 0 Å². The summed E-state index contributed by atoms with van der Waals surface area (Å²) in [7, 11) is 0. The number of nitrogens with one attached hydrogen (secondary N) is 1. The quantitative estimate of drug-likeness (QED) is 0.823. The Bertz CT molecular complexity index is 397. The molecule has 0 spiro atoms. The van der Waals surface area contributed by atoms with Gasteiger partial charge in [-0.3, -0.25) is 0 Å². The molecule has 17 heavy (non-hydrogen) atoms. The van der Waals surface area contributed by atoms with Gasteiger partial charge in [0.15, 0.2) is 0 Å². The van der Waals surface area contributed by atoms with Gasteiger partial charge in [-0.2, -0.15) is 0 Å². The third kappa shape index (κ3) is 2.77. The first-order chi connectivity index (χ1) is 8.18. The molecule has 0 aromatic heterocycles. The predicted octanol–water partition coefficient (Wildman–Crippen LogP) is 2.33. The molecule has 1 aromatic carbocycles. The summed E-state index contributed by atoms with van der Waals surface area (Å²) < 4.78 is 0. The number of likely N-dealkylation sites (tertiary alicyclic amines) is 1. The Kier molecular flexibility index (Phi) is 3.64. The van der Waals surface area contributed by atoms with Crippen molar-refractivity contribution in [1.82, 2.24) is 4.90 Å². The van der Waals surface area contributed by atoms with Crippen LogP contribution in [-0.2, 0) is 0 Å². The number of hydrogen-bond donors (Lipinski definition) is 2. The van der Waals surface area contributed by atoms with Crippen molar-refractivity contribution < 1.29 is 4.79 Å². The first-order valence-corrected chi connectivity index (χ1v) is 6.09. The highest BCUT2D eigenvalue weighted by Gasteiger charge is 2.18. The van der Waals surface area contributed by atoms with Crippen molar-refractivity contribution >= 4 is 11.7 Å². The van der Waals surface area contributed by atoms with Gasteiger partial charge in [0.2, 0.25) is 0 Å². The van der Waals surface area contributed by atoms with Gasteiger partial charge in [-0.25, -0.2) is 4.79 Å². The van der Waals surface area contributed by atoms with Gasteiger partial charge in [-0.1, -0.05) is 18.2 Å². The lowest BCUT2D eigenvalue weighted by Crippen LogP contribution is -2.32. The molecule has 3 N–H and O–H groups in total. The lowest BCUT2D eigenvalue weighted by atomic mass is 10.1. The fourth-order valence-electron chi connectivity index (χ4n) is 2.12. The van der Waals surface area contributed by atoms with E-state index in [1.807, 2.05) is 36.1 Å². The Labute approximate surface area is 102 Å². The molecule has 1 aliphatic heterocycles. The minimum absolute atomic E-state index is 0.0180. The highest BCUT2D eigenvalue weighted by Crippen LogP contribution is 2.21. The average molecular weight is 233 g/mol. The fourth-order valence-corrected chi connectivity index (χ4v) is 2.12. The lowest BCUT2D eigenvalue weighted by molar-refractivity contribution is 0.222. The molecule has 1 heterocycles. The first kappa shape index (κ1) is 11.9. The van der Waals surface area contributed by atoms with Gasteiger partial charge in [-0.15, -0.1) is 0 Å². The maximum atomic E-state index is 12.0. The molecule has 4 nitrogen and oxygen atoms in total. The average Bonchev–Trinajstić information content (AvgIpc) is 2.83. The molecule has 2 amide bonds. The summed E-state index contributed by atoms with van der Waals surface area (Å²) in [6.07, 6.45) is 2.20. The van der Waals surface area contributed by atoms with E-state index in [0.717, 1.165) is 37.2 Å². The van der Waals surface area contributed by atoms with Gasteiger partial charge < -0.3 is 16.0 Å². The smallest absolute Gasteiger partial charge is 0.321 e. The predicted molar refractivity (Wildman–Crippen MR) is 68.9 cm³/mol. The molecule has 1 atom stereocenters. The van der Waals surface area contributed by atoms with Crippen LogP contribution in [0.4, 0.5) is 10.5 Å². The van der Waals surface area contributed by atoms with Crippen LogP contribution in [0.15, 0.2) is 24.3 Å². The molecule has 1 aromatic rings. The zero-order valence-electron chi connectivity index (χ0n) is 10.1. The number of urea groups is 1. The Morgan fingerprint density at radius 1 is 1.35 bits per heavy atom. The number of carbonyl (C=O) groups is 1. The van der Waals surface area contributed by atoms with Crippen molar-refractivity contribution in [3.8, 4) is 0 Å². The second-order valence-electron chi connectivity index (χ2n) is 4.50. The molecule has 1 unspecified atom stereocenters. The highest BCUT2D eigenvalue weighted by atomic mass is 16.2. The molecular weight excluding hydrogens is 214 g/mol. The molecule has 0 aliphatic carbocycles. The number of nitrogens with two attached hydrogens (primary N) is 1. The molecule has 0 radical (unpaired) electrons. The van der Waals surface area contributed by atoms with E-state index in [0.29, 0.717) is 0 Å². The summed E-state index contributed by atoms with van der Waals surface area (Å²) >= 11 is 0. The van der Waals surface area contributed by atoms with Crippen LogP contribution in [0, 0.1) is 0 Å². The number of nitrogens with zero attached hydrogens (tertiary/aromatic N) is 1. The van der Waals surface area contributed by atoms with Crippen LogP contribution >= 0.6 is 0 Å². The number of hydrogen-bond acceptors (Lipinski definition) is 2.